The molecule has 3 unspecified atom stereocenters. The molecule has 1 heterocycles. The summed E-state index contributed by atoms with van der Waals surface area (Å²) >= 11 is 1.93. The van der Waals surface area contributed by atoms with Gasteiger partial charge in [0.2, 0.25) is 5.91 Å². The summed E-state index contributed by atoms with van der Waals surface area (Å²) in [5.74, 6) is 1.10. The lowest BCUT2D eigenvalue weighted by Gasteiger charge is -2.38. The molecular weight excluding hydrogens is 256 g/mol. The molecule has 0 bridgehead atoms. The van der Waals surface area contributed by atoms with Crippen LogP contribution < -0.4 is 5.73 Å². The van der Waals surface area contributed by atoms with Crippen LogP contribution in [0.15, 0.2) is 30.3 Å². The van der Waals surface area contributed by atoms with E-state index in [0.717, 1.165) is 17.9 Å². The van der Waals surface area contributed by atoms with E-state index in [0.29, 0.717) is 11.7 Å². The minimum atomic E-state index is -0.430. The standard InChI is InChI=1S/C15H22N2OS/c1-11-12(2)19-9-8-17(11)15(18)14(16)10-13-6-4-3-5-7-13/h3-7,11-12,14H,8-10,16H2,1-2H3. The Hall–Kier alpha value is -1.00. The van der Waals surface area contributed by atoms with E-state index in [4.69, 9.17) is 5.73 Å². The first-order valence-corrected chi connectivity index (χ1v) is 7.86. The molecule has 0 spiro atoms. The molecule has 3 atom stereocenters. The first kappa shape index (κ1) is 14.4. The average Bonchev–Trinajstić information content (AvgIpc) is 2.42. The second kappa shape index (κ2) is 6.44. The molecule has 1 fully saturated rings. The zero-order chi connectivity index (χ0) is 13.8. The Morgan fingerprint density at radius 3 is 2.79 bits per heavy atom. The van der Waals surface area contributed by atoms with Crippen LogP contribution in [0.1, 0.15) is 19.4 Å². The van der Waals surface area contributed by atoms with Crippen molar-refractivity contribution in [3.05, 3.63) is 35.9 Å². The van der Waals surface area contributed by atoms with E-state index in [1.165, 1.54) is 0 Å². The zero-order valence-electron chi connectivity index (χ0n) is 11.6. The van der Waals surface area contributed by atoms with Crippen molar-refractivity contribution in [3.63, 3.8) is 0 Å². The summed E-state index contributed by atoms with van der Waals surface area (Å²) in [6, 6.07) is 9.82. The van der Waals surface area contributed by atoms with Gasteiger partial charge in [0, 0.05) is 23.6 Å². The molecule has 2 rings (SSSR count). The van der Waals surface area contributed by atoms with Crippen LogP contribution in [0.5, 0.6) is 0 Å². The van der Waals surface area contributed by atoms with Gasteiger partial charge in [0.1, 0.15) is 0 Å². The number of rotatable bonds is 3. The van der Waals surface area contributed by atoms with Crippen molar-refractivity contribution in [2.24, 2.45) is 5.73 Å². The largest absolute Gasteiger partial charge is 0.337 e. The lowest BCUT2D eigenvalue weighted by molar-refractivity contribution is -0.134. The molecule has 2 N–H and O–H groups in total. The van der Waals surface area contributed by atoms with Gasteiger partial charge in [-0.2, -0.15) is 11.8 Å². The van der Waals surface area contributed by atoms with E-state index in [-0.39, 0.29) is 11.9 Å². The Bertz CT molecular complexity index is 423. The van der Waals surface area contributed by atoms with Gasteiger partial charge >= 0.3 is 0 Å². The average molecular weight is 278 g/mol. The van der Waals surface area contributed by atoms with Crippen LogP contribution in [0.25, 0.3) is 0 Å². The fourth-order valence-electron chi connectivity index (χ4n) is 2.41. The topological polar surface area (TPSA) is 46.3 Å². The van der Waals surface area contributed by atoms with E-state index in [1.807, 2.05) is 47.0 Å². The van der Waals surface area contributed by atoms with Crippen molar-refractivity contribution in [1.82, 2.24) is 4.90 Å². The molecule has 4 heteroatoms. The van der Waals surface area contributed by atoms with Crippen molar-refractivity contribution in [1.29, 1.82) is 0 Å². The molecule has 3 nitrogen and oxygen atoms in total. The quantitative estimate of drug-likeness (QED) is 0.918. The maximum Gasteiger partial charge on any atom is 0.240 e. The predicted octanol–water partition coefficient (Wildman–Crippen LogP) is 1.91. The number of hydrogen-bond acceptors (Lipinski definition) is 3. The van der Waals surface area contributed by atoms with Crippen molar-refractivity contribution in [2.75, 3.05) is 12.3 Å². The maximum atomic E-state index is 12.5. The number of nitrogens with zero attached hydrogens (tertiary/aromatic N) is 1. The minimum Gasteiger partial charge on any atom is -0.337 e. The number of hydrogen-bond donors (Lipinski definition) is 1. The third-order valence-electron chi connectivity index (χ3n) is 3.78. The Kier molecular flexibility index (Phi) is 4.88. The maximum absolute atomic E-state index is 12.5. The van der Waals surface area contributed by atoms with Crippen LogP contribution in [-0.4, -0.2) is 40.4 Å². The Balaban J connectivity index is 1.99. The lowest BCUT2D eigenvalue weighted by Crippen LogP contribution is -2.54. The van der Waals surface area contributed by atoms with Crippen molar-refractivity contribution in [2.45, 2.75) is 37.6 Å². The van der Waals surface area contributed by atoms with Gasteiger partial charge in [-0.15, -0.1) is 0 Å². The first-order chi connectivity index (χ1) is 9.09. The summed E-state index contributed by atoms with van der Waals surface area (Å²) in [5, 5.41) is 0.488. The Morgan fingerprint density at radius 2 is 2.11 bits per heavy atom. The first-order valence-electron chi connectivity index (χ1n) is 6.81. The third-order valence-corrected chi connectivity index (χ3v) is 5.12. The molecule has 0 aromatic heterocycles. The van der Waals surface area contributed by atoms with Crippen LogP contribution in [-0.2, 0) is 11.2 Å². The highest BCUT2D eigenvalue weighted by Crippen LogP contribution is 2.24. The fourth-order valence-corrected chi connectivity index (χ4v) is 3.51. The van der Waals surface area contributed by atoms with E-state index in [2.05, 4.69) is 13.8 Å². The minimum absolute atomic E-state index is 0.0866. The van der Waals surface area contributed by atoms with Crippen LogP contribution in [0.2, 0.25) is 0 Å². The monoisotopic (exact) mass is 278 g/mol. The molecular formula is C15H22N2OS. The summed E-state index contributed by atoms with van der Waals surface area (Å²) < 4.78 is 0. The number of thioether (sulfide) groups is 1. The SMILES string of the molecule is CC1SCCN(C(=O)C(N)Cc2ccccc2)C1C. The van der Waals surface area contributed by atoms with Gasteiger partial charge in [-0.05, 0) is 18.9 Å². The molecule has 1 amide bonds. The molecule has 1 aromatic rings. The molecule has 0 aliphatic carbocycles. The molecule has 104 valence electrons. The predicted molar refractivity (Wildman–Crippen MR) is 81.2 cm³/mol. The molecule has 1 aliphatic heterocycles. The van der Waals surface area contributed by atoms with Crippen LogP contribution >= 0.6 is 11.8 Å². The summed E-state index contributed by atoms with van der Waals surface area (Å²) in [6.07, 6.45) is 0.615. The number of carbonyl (C=O) groups is 1. The highest BCUT2D eigenvalue weighted by atomic mass is 32.2. The molecule has 1 saturated heterocycles. The second-order valence-electron chi connectivity index (χ2n) is 5.14. The molecule has 19 heavy (non-hydrogen) atoms. The van der Waals surface area contributed by atoms with Crippen LogP contribution in [0.3, 0.4) is 0 Å². The lowest BCUT2D eigenvalue weighted by atomic mass is 10.0. The van der Waals surface area contributed by atoms with Crippen molar-refractivity contribution in [3.8, 4) is 0 Å². The normalized spacial score (nSPS) is 25.1. The summed E-state index contributed by atoms with van der Waals surface area (Å²) in [6.45, 7) is 5.11. The van der Waals surface area contributed by atoms with E-state index in [9.17, 15) is 4.79 Å². The van der Waals surface area contributed by atoms with Gasteiger partial charge in [-0.3, -0.25) is 4.79 Å². The summed E-state index contributed by atoms with van der Waals surface area (Å²) in [4.78, 5) is 14.4. The summed E-state index contributed by atoms with van der Waals surface area (Å²) in [7, 11) is 0. The molecule has 1 aliphatic rings. The van der Waals surface area contributed by atoms with Crippen LogP contribution in [0, 0.1) is 0 Å². The van der Waals surface area contributed by atoms with Gasteiger partial charge in [0.15, 0.2) is 0 Å². The third kappa shape index (κ3) is 3.51. The Labute approximate surface area is 119 Å². The number of carbonyl (C=O) groups excluding carboxylic acids is 1. The fraction of sp³-hybridized carbons (Fsp3) is 0.533. The van der Waals surface area contributed by atoms with Crippen molar-refractivity contribution < 1.29 is 4.79 Å². The highest BCUT2D eigenvalue weighted by Gasteiger charge is 2.31. The number of benzene rings is 1. The summed E-state index contributed by atoms with van der Waals surface area (Å²) in [5.41, 5.74) is 7.21. The molecule has 1 aromatic carbocycles. The van der Waals surface area contributed by atoms with E-state index >= 15 is 0 Å². The van der Waals surface area contributed by atoms with Crippen LogP contribution in [0.4, 0.5) is 0 Å². The molecule has 0 saturated carbocycles. The van der Waals surface area contributed by atoms with Gasteiger partial charge in [-0.25, -0.2) is 0 Å². The number of amides is 1. The number of nitrogens with two attached hydrogens (primary N) is 1. The van der Waals surface area contributed by atoms with Gasteiger partial charge in [0.05, 0.1) is 6.04 Å². The van der Waals surface area contributed by atoms with Crippen molar-refractivity contribution >= 4 is 17.7 Å². The van der Waals surface area contributed by atoms with Gasteiger partial charge < -0.3 is 10.6 Å². The molecule has 0 radical (unpaired) electrons. The zero-order valence-corrected chi connectivity index (χ0v) is 12.4. The second-order valence-corrected chi connectivity index (χ2v) is 6.63. The van der Waals surface area contributed by atoms with Gasteiger partial charge in [0.25, 0.3) is 0 Å². The van der Waals surface area contributed by atoms with E-state index in [1.54, 1.807) is 0 Å². The van der Waals surface area contributed by atoms with E-state index < -0.39 is 6.04 Å². The van der Waals surface area contributed by atoms with Gasteiger partial charge in [-0.1, -0.05) is 37.3 Å². The smallest absolute Gasteiger partial charge is 0.240 e. The Morgan fingerprint density at radius 1 is 1.42 bits per heavy atom. The highest BCUT2D eigenvalue weighted by molar-refractivity contribution is 8.00.